The molecule has 1 fully saturated rings. The predicted octanol–water partition coefficient (Wildman–Crippen LogP) is 0.717. The molecule has 8 nitrogen and oxygen atoms in total. The number of methoxy groups -OCH3 is 1. The van der Waals surface area contributed by atoms with Gasteiger partial charge in [0.25, 0.3) is 5.91 Å². The van der Waals surface area contributed by atoms with Crippen molar-refractivity contribution >= 4 is 11.9 Å². The van der Waals surface area contributed by atoms with Crippen LogP contribution in [-0.2, 0) is 30.3 Å². The third-order valence-corrected chi connectivity index (χ3v) is 4.69. The highest BCUT2D eigenvalue weighted by Gasteiger charge is 2.55. The maximum atomic E-state index is 13.1. The van der Waals surface area contributed by atoms with Crippen LogP contribution in [0.4, 0.5) is 4.79 Å². The van der Waals surface area contributed by atoms with Crippen LogP contribution in [0, 0.1) is 0 Å². The first-order valence-electron chi connectivity index (χ1n) is 7.70. The van der Waals surface area contributed by atoms with Crippen molar-refractivity contribution < 1.29 is 14.3 Å². The number of hydrogen-bond acceptors (Lipinski definition) is 5. The summed E-state index contributed by atoms with van der Waals surface area (Å²) in [6, 6.07) is 5.26. The summed E-state index contributed by atoms with van der Waals surface area (Å²) in [5.74, 6) is 0.426. The number of benzene rings is 1. The summed E-state index contributed by atoms with van der Waals surface area (Å²) in [6.45, 7) is 0.111. The molecule has 24 heavy (non-hydrogen) atoms. The number of aryl methyl sites for hydroxylation is 2. The molecule has 1 aliphatic heterocycles. The van der Waals surface area contributed by atoms with Gasteiger partial charge in [0.2, 0.25) is 0 Å². The Kier molecular flexibility index (Phi) is 3.09. The molecule has 1 N–H and O–H groups in total. The Balaban J connectivity index is 1.69. The minimum atomic E-state index is -0.997. The van der Waals surface area contributed by atoms with E-state index in [0.717, 1.165) is 17.5 Å². The first kappa shape index (κ1) is 14.7. The van der Waals surface area contributed by atoms with E-state index in [1.807, 2.05) is 18.2 Å². The van der Waals surface area contributed by atoms with Crippen molar-refractivity contribution in [3.05, 3.63) is 41.2 Å². The van der Waals surface area contributed by atoms with E-state index in [0.29, 0.717) is 17.9 Å². The number of fused-ring (bicyclic) bond motifs is 2. The van der Waals surface area contributed by atoms with Gasteiger partial charge in [-0.1, -0.05) is 6.07 Å². The van der Waals surface area contributed by atoms with Gasteiger partial charge in [-0.25, -0.2) is 4.79 Å². The van der Waals surface area contributed by atoms with Crippen molar-refractivity contribution in [1.29, 1.82) is 0 Å². The summed E-state index contributed by atoms with van der Waals surface area (Å²) >= 11 is 0. The Bertz CT molecular complexity index is 846. The van der Waals surface area contributed by atoms with E-state index in [4.69, 9.17) is 4.74 Å². The van der Waals surface area contributed by atoms with Crippen molar-refractivity contribution in [3.63, 3.8) is 0 Å². The van der Waals surface area contributed by atoms with Crippen LogP contribution in [-0.4, -0.2) is 38.9 Å². The molecule has 0 unspecified atom stereocenters. The number of urea groups is 1. The van der Waals surface area contributed by atoms with E-state index in [1.165, 1.54) is 9.70 Å². The van der Waals surface area contributed by atoms with Crippen LogP contribution in [0.1, 0.15) is 23.2 Å². The molecule has 1 aromatic heterocycles. The zero-order valence-electron chi connectivity index (χ0n) is 13.4. The van der Waals surface area contributed by atoms with Crippen molar-refractivity contribution in [2.75, 3.05) is 7.11 Å². The van der Waals surface area contributed by atoms with Gasteiger partial charge < -0.3 is 10.1 Å². The second-order valence-electron chi connectivity index (χ2n) is 6.08. The van der Waals surface area contributed by atoms with E-state index < -0.39 is 11.6 Å². The van der Waals surface area contributed by atoms with Gasteiger partial charge in [-0.3, -0.25) is 9.69 Å². The molecule has 1 aliphatic carbocycles. The van der Waals surface area contributed by atoms with Gasteiger partial charge in [0.15, 0.2) is 0 Å². The van der Waals surface area contributed by atoms with Crippen LogP contribution in [0.3, 0.4) is 0 Å². The number of hydrogen-bond donors (Lipinski definition) is 1. The number of rotatable bonds is 3. The molecule has 2 aliphatic rings. The highest BCUT2D eigenvalue weighted by Crippen LogP contribution is 2.43. The first-order valence-corrected chi connectivity index (χ1v) is 7.70. The normalized spacial score (nSPS) is 22.2. The van der Waals surface area contributed by atoms with Crippen LogP contribution in [0.5, 0.6) is 5.75 Å². The molecule has 1 atom stereocenters. The fourth-order valence-electron chi connectivity index (χ4n) is 3.50. The van der Waals surface area contributed by atoms with Gasteiger partial charge in [-0.15, -0.1) is 0 Å². The number of nitrogens with one attached hydrogen (secondary N) is 1. The maximum absolute atomic E-state index is 13.1. The molecule has 0 saturated carbocycles. The summed E-state index contributed by atoms with van der Waals surface area (Å²) in [7, 11) is 3.27. The van der Waals surface area contributed by atoms with Gasteiger partial charge in [0.05, 0.1) is 19.9 Å². The Labute approximate surface area is 138 Å². The lowest BCUT2D eigenvalue weighted by Crippen LogP contribution is -2.41. The van der Waals surface area contributed by atoms with E-state index in [2.05, 4.69) is 15.5 Å². The topological polar surface area (TPSA) is 89.3 Å². The van der Waals surface area contributed by atoms with Crippen molar-refractivity contribution in [1.82, 2.24) is 25.2 Å². The lowest BCUT2D eigenvalue weighted by atomic mass is 9.91. The number of nitrogens with zero attached hydrogens (tertiary/aromatic N) is 4. The van der Waals surface area contributed by atoms with Gasteiger partial charge in [-0.05, 0) is 36.1 Å². The SMILES string of the molecule is COc1ccc2c(c1)[C@@]1(CC2)NC(=O)N(Cc2cnn(C)n2)C1=O. The maximum Gasteiger partial charge on any atom is 0.325 e. The Morgan fingerprint density at radius 2 is 2.21 bits per heavy atom. The standard InChI is InChI=1S/C16H17N5O3/c1-20-17-8-11(19-20)9-21-14(22)16(18-15(21)23)6-5-10-3-4-12(24-2)7-13(10)16/h3-4,7-8H,5-6,9H2,1-2H3,(H,18,23)/t16-/m1/s1. The lowest BCUT2D eigenvalue weighted by Gasteiger charge is -2.22. The number of amides is 3. The lowest BCUT2D eigenvalue weighted by molar-refractivity contribution is -0.132. The minimum absolute atomic E-state index is 0.111. The number of ether oxygens (including phenoxy) is 1. The van der Waals surface area contributed by atoms with Crippen molar-refractivity contribution in [2.45, 2.75) is 24.9 Å². The highest BCUT2D eigenvalue weighted by molar-refractivity contribution is 6.08. The zero-order valence-corrected chi connectivity index (χ0v) is 13.4. The van der Waals surface area contributed by atoms with Crippen LogP contribution in [0.2, 0.25) is 0 Å². The Morgan fingerprint density at radius 1 is 1.38 bits per heavy atom. The quantitative estimate of drug-likeness (QED) is 0.839. The summed E-state index contributed by atoms with van der Waals surface area (Å²) in [5.41, 5.74) is 1.46. The molecule has 0 radical (unpaired) electrons. The molecule has 1 saturated heterocycles. The summed E-state index contributed by atoms with van der Waals surface area (Å²) < 4.78 is 5.27. The summed E-state index contributed by atoms with van der Waals surface area (Å²) in [5, 5.41) is 11.0. The third kappa shape index (κ3) is 1.99. The number of aromatic nitrogens is 3. The molecule has 124 valence electrons. The van der Waals surface area contributed by atoms with Gasteiger partial charge in [-0.2, -0.15) is 15.0 Å². The smallest absolute Gasteiger partial charge is 0.325 e. The molecule has 4 rings (SSSR count). The Hall–Kier alpha value is -2.90. The van der Waals surface area contributed by atoms with Crippen LogP contribution >= 0.6 is 0 Å². The van der Waals surface area contributed by atoms with E-state index >= 15 is 0 Å². The van der Waals surface area contributed by atoms with Gasteiger partial charge in [0.1, 0.15) is 17.0 Å². The van der Waals surface area contributed by atoms with Crippen molar-refractivity contribution in [2.24, 2.45) is 7.05 Å². The van der Waals surface area contributed by atoms with E-state index in [-0.39, 0.29) is 12.5 Å². The molecular weight excluding hydrogens is 310 g/mol. The molecular formula is C16H17N5O3. The Morgan fingerprint density at radius 3 is 2.92 bits per heavy atom. The second-order valence-corrected chi connectivity index (χ2v) is 6.08. The zero-order chi connectivity index (χ0) is 16.9. The van der Waals surface area contributed by atoms with Crippen LogP contribution in [0.15, 0.2) is 24.4 Å². The number of carbonyl (C=O) groups is 2. The monoisotopic (exact) mass is 327 g/mol. The summed E-state index contributed by atoms with van der Waals surface area (Å²) in [6.07, 6.45) is 2.85. The number of carbonyl (C=O) groups excluding carboxylic acids is 2. The third-order valence-electron chi connectivity index (χ3n) is 4.69. The van der Waals surface area contributed by atoms with Gasteiger partial charge in [0, 0.05) is 7.05 Å². The van der Waals surface area contributed by atoms with E-state index in [9.17, 15) is 9.59 Å². The molecule has 2 heterocycles. The summed E-state index contributed by atoms with van der Waals surface area (Å²) in [4.78, 5) is 28.1. The molecule has 8 heteroatoms. The largest absolute Gasteiger partial charge is 0.497 e. The average Bonchev–Trinajstić information content (AvgIpc) is 3.22. The fraction of sp³-hybridized carbons (Fsp3) is 0.375. The van der Waals surface area contributed by atoms with Crippen LogP contribution in [0.25, 0.3) is 0 Å². The predicted molar refractivity (Wildman–Crippen MR) is 83.1 cm³/mol. The molecule has 1 spiro atoms. The molecule has 3 amide bonds. The first-order chi connectivity index (χ1) is 11.5. The highest BCUT2D eigenvalue weighted by atomic mass is 16.5. The van der Waals surface area contributed by atoms with E-state index in [1.54, 1.807) is 20.4 Å². The molecule has 0 bridgehead atoms. The second kappa shape index (κ2) is 5.05. The fourth-order valence-corrected chi connectivity index (χ4v) is 3.50. The molecule has 1 aromatic carbocycles. The number of imide groups is 1. The van der Waals surface area contributed by atoms with Gasteiger partial charge >= 0.3 is 6.03 Å². The van der Waals surface area contributed by atoms with Crippen molar-refractivity contribution in [3.8, 4) is 5.75 Å². The minimum Gasteiger partial charge on any atom is -0.497 e. The van der Waals surface area contributed by atoms with Crippen LogP contribution < -0.4 is 10.1 Å². The average molecular weight is 327 g/mol. The molecule has 2 aromatic rings.